The van der Waals surface area contributed by atoms with Gasteiger partial charge in [-0.25, -0.2) is 14.2 Å². The number of aryl methyl sites for hydroxylation is 2. The van der Waals surface area contributed by atoms with Crippen molar-refractivity contribution in [2.45, 2.75) is 13.8 Å². The highest BCUT2D eigenvalue weighted by Gasteiger charge is 2.15. The number of hydrogen-bond acceptors (Lipinski definition) is 3. The molecule has 0 aliphatic rings. The van der Waals surface area contributed by atoms with Gasteiger partial charge < -0.3 is 5.11 Å². The maximum Gasteiger partial charge on any atom is 0.336 e. The molecule has 0 spiro atoms. The van der Waals surface area contributed by atoms with Crippen molar-refractivity contribution in [1.29, 1.82) is 0 Å². The lowest BCUT2D eigenvalue weighted by Gasteiger charge is -2.07. The molecule has 0 fully saturated rings. The van der Waals surface area contributed by atoms with E-state index in [1.54, 1.807) is 11.3 Å². The topological polar surface area (TPSA) is 50.2 Å². The van der Waals surface area contributed by atoms with E-state index in [9.17, 15) is 14.3 Å². The van der Waals surface area contributed by atoms with Gasteiger partial charge >= 0.3 is 5.97 Å². The summed E-state index contributed by atoms with van der Waals surface area (Å²) < 4.78 is 13.4. The van der Waals surface area contributed by atoms with Gasteiger partial charge in [-0.15, -0.1) is 11.3 Å². The van der Waals surface area contributed by atoms with E-state index in [0.29, 0.717) is 16.6 Å². The molecule has 0 aliphatic carbocycles. The number of carboxylic acids is 1. The third-order valence-corrected chi connectivity index (χ3v) is 4.28. The van der Waals surface area contributed by atoms with E-state index in [0.717, 1.165) is 15.3 Å². The highest BCUT2D eigenvalue weighted by molar-refractivity contribution is 7.12. The fourth-order valence-electron chi connectivity index (χ4n) is 2.40. The summed E-state index contributed by atoms with van der Waals surface area (Å²) in [5.41, 5.74) is 2.08. The Morgan fingerprint density at radius 2 is 2.00 bits per heavy atom. The first kappa shape index (κ1) is 13.7. The molecule has 2 aromatic heterocycles. The number of pyridine rings is 1. The van der Waals surface area contributed by atoms with Gasteiger partial charge in [0.1, 0.15) is 5.82 Å². The van der Waals surface area contributed by atoms with E-state index in [1.807, 2.05) is 19.9 Å². The summed E-state index contributed by atoms with van der Waals surface area (Å²) in [5, 5.41) is 9.69. The van der Waals surface area contributed by atoms with Gasteiger partial charge in [0.15, 0.2) is 0 Å². The minimum Gasteiger partial charge on any atom is -0.478 e. The second-order valence-corrected chi connectivity index (χ2v) is 6.31. The SMILES string of the molecule is Cc1cc(-c2cc(C(=O)O)c3cc(F)ccc3n2)c(C)s1. The van der Waals surface area contributed by atoms with E-state index in [2.05, 4.69) is 4.98 Å². The fraction of sp³-hybridized carbons (Fsp3) is 0.125. The van der Waals surface area contributed by atoms with E-state index in [1.165, 1.54) is 24.3 Å². The molecule has 3 rings (SSSR count). The normalized spacial score (nSPS) is 11.0. The summed E-state index contributed by atoms with van der Waals surface area (Å²) in [5.74, 6) is -1.55. The zero-order valence-electron chi connectivity index (χ0n) is 11.5. The van der Waals surface area contributed by atoms with Crippen LogP contribution in [0.15, 0.2) is 30.3 Å². The van der Waals surface area contributed by atoms with Gasteiger partial charge in [0.2, 0.25) is 0 Å². The van der Waals surface area contributed by atoms with Crippen molar-refractivity contribution in [3.8, 4) is 11.3 Å². The molecule has 3 nitrogen and oxygen atoms in total. The predicted octanol–water partition coefficient (Wildman–Crippen LogP) is 4.42. The van der Waals surface area contributed by atoms with Gasteiger partial charge in [-0.3, -0.25) is 0 Å². The average molecular weight is 301 g/mol. The number of halogens is 1. The summed E-state index contributed by atoms with van der Waals surface area (Å²) in [6.45, 7) is 3.97. The second kappa shape index (κ2) is 4.93. The van der Waals surface area contributed by atoms with Gasteiger partial charge in [-0.1, -0.05) is 0 Å². The number of fused-ring (bicyclic) bond motifs is 1. The van der Waals surface area contributed by atoms with Crippen LogP contribution < -0.4 is 0 Å². The zero-order chi connectivity index (χ0) is 15.1. The van der Waals surface area contributed by atoms with Crippen molar-refractivity contribution in [2.75, 3.05) is 0 Å². The zero-order valence-corrected chi connectivity index (χ0v) is 12.3. The Morgan fingerprint density at radius 1 is 1.24 bits per heavy atom. The minimum absolute atomic E-state index is 0.0674. The molecule has 0 saturated carbocycles. The van der Waals surface area contributed by atoms with E-state index in [-0.39, 0.29) is 5.56 Å². The standard InChI is InChI=1S/C16H12FNO2S/c1-8-5-11(9(2)21-8)15-7-13(16(19)20)12-6-10(17)3-4-14(12)18-15/h3-7H,1-2H3,(H,19,20). The van der Waals surface area contributed by atoms with E-state index >= 15 is 0 Å². The summed E-state index contributed by atoms with van der Waals surface area (Å²) in [6.07, 6.45) is 0. The maximum atomic E-state index is 13.4. The number of carbonyl (C=O) groups is 1. The van der Waals surface area contributed by atoms with Crippen molar-refractivity contribution < 1.29 is 14.3 Å². The molecular weight excluding hydrogens is 289 g/mol. The number of aromatic nitrogens is 1. The third-order valence-electron chi connectivity index (χ3n) is 3.32. The van der Waals surface area contributed by atoms with Crippen LogP contribution in [0.3, 0.4) is 0 Å². The van der Waals surface area contributed by atoms with E-state index < -0.39 is 11.8 Å². The number of thiophene rings is 1. The number of hydrogen-bond donors (Lipinski definition) is 1. The highest BCUT2D eigenvalue weighted by Crippen LogP contribution is 2.32. The smallest absolute Gasteiger partial charge is 0.336 e. The van der Waals surface area contributed by atoms with Gasteiger partial charge in [-0.05, 0) is 44.2 Å². The molecule has 0 radical (unpaired) electrons. The van der Waals surface area contributed by atoms with Gasteiger partial charge in [0, 0.05) is 20.7 Å². The van der Waals surface area contributed by atoms with Crippen molar-refractivity contribution in [3.05, 3.63) is 51.5 Å². The Hall–Kier alpha value is -2.27. The summed E-state index contributed by atoms with van der Waals surface area (Å²) in [4.78, 5) is 18.2. The molecule has 0 atom stereocenters. The quantitative estimate of drug-likeness (QED) is 0.762. The van der Waals surface area contributed by atoms with Crippen LogP contribution in [-0.2, 0) is 0 Å². The van der Waals surface area contributed by atoms with Crippen LogP contribution in [-0.4, -0.2) is 16.1 Å². The number of benzene rings is 1. The van der Waals surface area contributed by atoms with Crippen LogP contribution in [0.2, 0.25) is 0 Å². The molecule has 21 heavy (non-hydrogen) atoms. The second-order valence-electron chi connectivity index (χ2n) is 4.85. The molecule has 0 amide bonds. The minimum atomic E-state index is -1.08. The van der Waals surface area contributed by atoms with Crippen molar-refractivity contribution in [3.63, 3.8) is 0 Å². The Labute approximate surface area is 124 Å². The van der Waals surface area contributed by atoms with Gasteiger partial charge in [-0.2, -0.15) is 0 Å². The lowest BCUT2D eigenvalue weighted by atomic mass is 10.0. The predicted molar refractivity (Wildman–Crippen MR) is 81.4 cm³/mol. The summed E-state index contributed by atoms with van der Waals surface area (Å²) >= 11 is 1.64. The molecule has 0 aliphatic heterocycles. The highest BCUT2D eigenvalue weighted by atomic mass is 32.1. The summed E-state index contributed by atoms with van der Waals surface area (Å²) in [7, 11) is 0. The van der Waals surface area contributed by atoms with Gasteiger partial charge in [0.05, 0.1) is 16.8 Å². The van der Waals surface area contributed by atoms with Crippen LogP contribution in [0, 0.1) is 19.7 Å². The Morgan fingerprint density at radius 3 is 2.62 bits per heavy atom. The first-order valence-corrected chi connectivity index (χ1v) is 7.18. The first-order valence-electron chi connectivity index (χ1n) is 6.36. The number of nitrogens with zero attached hydrogens (tertiary/aromatic N) is 1. The Kier molecular flexibility index (Phi) is 3.22. The molecule has 0 unspecified atom stereocenters. The third kappa shape index (κ3) is 2.40. The Bertz CT molecular complexity index is 870. The molecule has 1 aromatic carbocycles. The molecular formula is C16H12FNO2S. The first-order chi connectivity index (χ1) is 9.95. The molecule has 0 saturated heterocycles. The largest absolute Gasteiger partial charge is 0.478 e. The number of carboxylic acid groups (broad SMARTS) is 1. The van der Waals surface area contributed by atoms with Crippen LogP contribution in [0.5, 0.6) is 0 Å². The number of rotatable bonds is 2. The van der Waals surface area contributed by atoms with Crippen LogP contribution in [0.4, 0.5) is 4.39 Å². The molecule has 1 N–H and O–H groups in total. The van der Waals surface area contributed by atoms with Crippen LogP contribution in [0.1, 0.15) is 20.1 Å². The lowest BCUT2D eigenvalue weighted by Crippen LogP contribution is -2.00. The Balaban J connectivity index is 2.33. The van der Waals surface area contributed by atoms with Crippen molar-refractivity contribution >= 4 is 28.2 Å². The van der Waals surface area contributed by atoms with E-state index in [4.69, 9.17) is 0 Å². The fourth-order valence-corrected chi connectivity index (χ4v) is 3.33. The number of aromatic carboxylic acids is 1. The molecule has 0 bridgehead atoms. The maximum absolute atomic E-state index is 13.4. The van der Waals surface area contributed by atoms with Crippen molar-refractivity contribution in [2.24, 2.45) is 0 Å². The molecule has 5 heteroatoms. The van der Waals surface area contributed by atoms with Crippen molar-refractivity contribution in [1.82, 2.24) is 4.98 Å². The molecule has 106 valence electrons. The van der Waals surface area contributed by atoms with Crippen LogP contribution >= 0.6 is 11.3 Å². The summed E-state index contributed by atoms with van der Waals surface area (Å²) in [6, 6.07) is 7.51. The molecule has 3 aromatic rings. The molecule has 2 heterocycles. The van der Waals surface area contributed by atoms with Gasteiger partial charge in [0.25, 0.3) is 0 Å². The van der Waals surface area contributed by atoms with Crippen LogP contribution in [0.25, 0.3) is 22.2 Å². The monoisotopic (exact) mass is 301 g/mol. The lowest BCUT2D eigenvalue weighted by molar-refractivity contribution is 0.0699. The average Bonchev–Trinajstić information content (AvgIpc) is 2.76.